The lowest BCUT2D eigenvalue weighted by Crippen LogP contribution is -2.14. The first-order chi connectivity index (χ1) is 9.85. The van der Waals surface area contributed by atoms with Crippen molar-refractivity contribution in [3.63, 3.8) is 0 Å². The van der Waals surface area contributed by atoms with Gasteiger partial charge in [-0.15, -0.1) is 0 Å². The van der Waals surface area contributed by atoms with Crippen molar-refractivity contribution in [1.29, 1.82) is 0 Å². The second-order valence-electron chi connectivity index (χ2n) is 4.86. The maximum Gasteiger partial charge on any atom is 0.126 e. The van der Waals surface area contributed by atoms with E-state index in [1.165, 1.54) is 11.1 Å². The zero-order chi connectivity index (χ0) is 14.2. The van der Waals surface area contributed by atoms with E-state index in [-0.39, 0.29) is 0 Å². The van der Waals surface area contributed by atoms with Crippen molar-refractivity contribution in [2.45, 2.75) is 19.8 Å². The summed E-state index contributed by atoms with van der Waals surface area (Å²) in [6, 6.07) is 16.9. The van der Waals surface area contributed by atoms with Gasteiger partial charge in [-0.3, -0.25) is 0 Å². The molecular formula is C18H23NO. The zero-order valence-electron chi connectivity index (χ0n) is 12.4. The van der Waals surface area contributed by atoms with Crippen LogP contribution in [0, 0.1) is 0 Å². The molecule has 2 aromatic rings. The number of benzene rings is 2. The minimum absolute atomic E-state index is 0.956. The molecule has 2 rings (SSSR count). The van der Waals surface area contributed by atoms with Gasteiger partial charge in [0.25, 0.3) is 0 Å². The van der Waals surface area contributed by atoms with E-state index in [9.17, 15) is 0 Å². The van der Waals surface area contributed by atoms with Crippen molar-refractivity contribution in [3.05, 3.63) is 54.1 Å². The minimum Gasteiger partial charge on any atom is -0.496 e. The maximum atomic E-state index is 5.55. The largest absolute Gasteiger partial charge is 0.496 e. The minimum atomic E-state index is 0.956. The van der Waals surface area contributed by atoms with Gasteiger partial charge in [-0.25, -0.2) is 0 Å². The molecule has 20 heavy (non-hydrogen) atoms. The zero-order valence-corrected chi connectivity index (χ0v) is 12.4. The highest BCUT2D eigenvalue weighted by molar-refractivity contribution is 5.70. The molecule has 1 N–H and O–H groups in total. The van der Waals surface area contributed by atoms with Crippen molar-refractivity contribution < 1.29 is 4.74 Å². The van der Waals surface area contributed by atoms with E-state index in [1.807, 2.05) is 6.07 Å². The lowest BCUT2D eigenvalue weighted by molar-refractivity contribution is 0.416. The second kappa shape index (κ2) is 7.71. The Hall–Kier alpha value is -1.80. The third-order valence-corrected chi connectivity index (χ3v) is 3.42. The van der Waals surface area contributed by atoms with Crippen molar-refractivity contribution in [1.82, 2.24) is 5.32 Å². The number of rotatable bonds is 7. The molecule has 2 heteroatoms. The Morgan fingerprint density at radius 2 is 1.85 bits per heavy atom. The first-order valence-electron chi connectivity index (χ1n) is 7.28. The number of aryl methyl sites for hydroxylation is 1. The molecule has 0 amide bonds. The Labute approximate surface area is 121 Å². The van der Waals surface area contributed by atoms with Gasteiger partial charge in [-0.2, -0.15) is 0 Å². The molecule has 0 aliphatic carbocycles. The van der Waals surface area contributed by atoms with Gasteiger partial charge in [0, 0.05) is 5.56 Å². The first kappa shape index (κ1) is 14.6. The van der Waals surface area contributed by atoms with Crippen LogP contribution in [0.25, 0.3) is 11.1 Å². The van der Waals surface area contributed by atoms with Crippen LogP contribution in [0.2, 0.25) is 0 Å². The van der Waals surface area contributed by atoms with Crippen LogP contribution in [0.15, 0.2) is 48.5 Å². The summed E-state index contributed by atoms with van der Waals surface area (Å²) in [5.41, 5.74) is 3.69. The molecule has 2 nitrogen and oxygen atoms in total. The van der Waals surface area contributed by atoms with E-state index in [0.29, 0.717) is 0 Å². The van der Waals surface area contributed by atoms with Crippen LogP contribution in [0.3, 0.4) is 0 Å². The average molecular weight is 269 g/mol. The lowest BCUT2D eigenvalue weighted by atomic mass is 10.0. The fraction of sp³-hybridized carbons (Fsp3) is 0.333. The van der Waals surface area contributed by atoms with Gasteiger partial charge in [0.15, 0.2) is 0 Å². The van der Waals surface area contributed by atoms with Gasteiger partial charge in [-0.1, -0.05) is 49.4 Å². The van der Waals surface area contributed by atoms with E-state index >= 15 is 0 Å². The van der Waals surface area contributed by atoms with E-state index in [0.717, 1.165) is 37.2 Å². The highest BCUT2D eigenvalue weighted by atomic mass is 16.5. The Kier molecular flexibility index (Phi) is 5.63. The number of methoxy groups -OCH3 is 1. The van der Waals surface area contributed by atoms with Gasteiger partial charge >= 0.3 is 0 Å². The molecule has 106 valence electrons. The molecule has 0 fully saturated rings. The van der Waals surface area contributed by atoms with E-state index in [4.69, 9.17) is 4.74 Å². The standard InChI is InChI=1S/C18H23NO/c1-3-19-13-7-8-15-11-12-17(18(14-15)20-2)16-9-5-4-6-10-16/h4-6,9-12,14,19H,3,7-8,13H2,1-2H3. The average Bonchev–Trinajstić information content (AvgIpc) is 2.52. The van der Waals surface area contributed by atoms with Crippen molar-refractivity contribution >= 4 is 0 Å². The fourth-order valence-electron chi connectivity index (χ4n) is 2.34. The summed E-state index contributed by atoms with van der Waals surface area (Å²) >= 11 is 0. The normalized spacial score (nSPS) is 10.5. The molecular weight excluding hydrogens is 246 g/mol. The molecule has 0 spiro atoms. The van der Waals surface area contributed by atoms with Crippen LogP contribution in [0.1, 0.15) is 18.9 Å². The highest BCUT2D eigenvalue weighted by Crippen LogP contribution is 2.30. The summed E-state index contributed by atoms with van der Waals surface area (Å²) in [4.78, 5) is 0. The summed E-state index contributed by atoms with van der Waals surface area (Å²) < 4.78 is 5.55. The van der Waals surface area contributed by atoms with Crippen LogP contribution < -0.4 is 10.1 Å². The van der Waals surface area contributed by atoms with Crippen molar-refractivity contribution in [3.8, 4) is 16.9 Å². The van der Waals surface area contributed by atoms with E-state index in [2.05, 4.69) is 54.7 Å². The van der Waals surface area contributed by atoms with Crippen LogP contribution in [0.4, 0.5) is 0 Å². The Morgan fingerprint density at radius 1 is 1.05 bits per heavy atom. The molecule has 0 saturated heterocycles. The Bertz CT molecular complexity index is 522. The number of nitrogens with one attached hydrogen (secondary N) is 1. The summed E-state index contributed by atoms with van der Waals surface area (Å²) in [6.07, 6.45) is 2.24. The number of hydrogen-bond acceptors (Lipinski definition) is 2. The summed E-state index contributed by atoms with van der Waals surface area (Å²) in [7, 11) is 1.74. The molecule has 0 heterocycles. The summed E-state index contributed by atoms with van der Waals surface area (Å²) in [5, 5.41) is 3.35. The van der Waals surface area contributed by atoms with Crippen LogP contribution in [0.5, 0.6) is 5.75 Å². The van der Waals surface area contributed by atoms with Gasteiger partial charge < -0.3 is 10.1 Å². The van der Waals surface area contributed by atoms with Crippen LogP contribution >= 0.6 is 0 Å². The molecule has 0 aliphatic rings. The highest BCUT2D eigenvalue weighted by Gasteiger charge is 2.06. The van der Waals surface area contributed by atoms with E-state index < -0.39 is 0 Å². The summed E-state index contributed by atoms with van der Waals surface area (Å²) in [5.74, 6) is 0.956. The molecule has 0 aliphatic heterocycles. The monoisotopic (exact) mass is 269 g/mol. The fourth-order valence-corrected chi connectivity index (χ4v) is 2.34. The molecule has 0 radical (unpaired) electrons. The van der Waals surface area contributed by atoms with E-state index in [1.54, 1.807) is 7.11 Å². The third-order valence-electron chi connectivity index (χ3n) is 3.42. The molecule has 0 aromatic heterocycles. The van der Waals surface area contributed by atoms with Crippen molar-refractivity contribution in [2.24, 2.45) is 0 Å². The van der Waals surface area contributed by atoms with Crippen LogP contribution in [-0.2, 0) is 6.42 Å². The quantitative estimate of drug-likeness (QED) is 0.770. The molecule has 0 saturated carbocycles. The summed E-state index contributed by atoms with van der Waals surface area (Å²) in [6.45, 7) is 4.24. The number of hydrogen-bond donors (Lipinski definition) is 1. The molecule has 0 atom stereocenters. The van der Waals surface area contributed by atoms with Gasteiger partial charge in [-0.05, 0) is 43.1 Å². The smallest absolute Gasteiger partial charge is 0.126 e. The Balaban J connectivity index is 2.12. The second-order valence-corrected chi connectivity index (χ2v) is 4.86. The maximum absolute atomic E-state index is 5.55. The van der Waals surface area contributed by atoms with Crippen molar-refractivity contribution in [2.75, 3.05) is 20.2 Å². The molecule has 0 unspecified atom stereocenters. The SMILES string of the molecule is CCNCCCc1ccc(-c2ccccc2)c(OC)c1. The van der Waals surface area contributed by atoms with Gasteiger partial charge in [0.05, 0.1) is 7.11 Å². The third kappa shape index (κ3) is 3.84. The molecule has 2 aromatic carbocycles. The predicted molar refractivity (Wildman–Crippen MR) is 85.3 cm³/mol. The van der Waals surface area contributed by atoms with Gasteiger partial charge in [0.2, 0.25) is 0 Å². The molecule has 0 bridgehead atoms. The Morgan fingerprint density at radius 3 is 2.55 bits per heavy atom. The van der Waals surface area contributed by atoms with Crippen LogP contribution in [-0.4, -0.2) is 20.2 Å². The lowest BCUT2D eigenvalue weighted by Gasteiger charge is -2.11. The number of ether oxygens (including phenoxy) is 1. The topological polar surface area (TPSA) is 21.3 Å². The predicted octanol–water partition coefficient (Wildman–Crippen LogP) is 3.90. The van der Waals surface area contributed by atoms with Gasteiger partial charge in [0.1, 0.15) is 5.75 Å². The first-order valence-corrected chi connectivity index (χ1v) is 7.28.